The Kier molecular flexibility index (Phi) is 4.60. The fourth-order valence-corrected chi connectivity index (χ4v) is 0.699. The number of allylic oxidation sites excluding steroid dienone is 1. The summed E-state index contributed by atoms with van der Waals surface area (Å²) in [5.74, 6) is -1.24. The van der Waals surface area contributed by atoms with E-state index < -0.39 is 5.97 Å². The summed E-state index contributed by atoms with van der Waals surface area (Å²) in [6.07, 6.45) is 0. The van der Waals surface area contributed by atoms with Gasteiger partial charge < -0.3 is 9.84 Å². The second-order valence-electron chi connectivity index (χ2n) is 2.75. The van der Waals surface area contributed by atoms with Crippen LogP contribution in [-0.4, -0.2) is 17.7 Å². The van der Waals surface area contributed by atoms with Crippen LogP contribution in [0.1, 0.15) is 20.8 Å². The van der Waals surface area contributed by atoms with Crippen molar-refractivity contribution in [3.63, 3.8) is 0 Å². The summed E-state index contributed by atoms with van der Waals surface area (Å²) in [6.45, 7) is 5.20. The molecule has 0 aliphatic carbocycles. The molecule has 13 heavy (non-hydrogen) atoms. The summed E-state index contributed by atoms with van der Waals surface area (Å²) in [5, 5.41) is 17.9. The van der Waals surface area contributed by atoms with E-state index in [-0.39, 0.29) is 23.9 Å². The molecule has 0 amide bonds. The summed E-state index contributed by atoms with van der Waals surface area (Å²) in [4.78, 5) is 11.1. The molecule has 0 rings (SSSR count). The molecular weight excluding hydrogens is 170 g/mol. The van der Waals surface area contributed by atoms with E-state index in [2.05, 4.69) is 4.74 Å². The van der Waals surface area contributed by atoms with Crippen LogP contribution in [0.4, 0.5) is 0 Å². The van der Waals surface area contributed by atoms with Crippen molar-refractivity contribution in [2.75, 3.05) is 6.61 Å². The zero-order chi connectivity index (χ0) is 10.4. The average Bonchev–Trinajstić information content (AvgIpc) is 2.05. The van der Waals surface area contributed by atoms with Crippen LogP contribution in [0.25, 0.3) is 0 Å². The molecule has 1 N–H and O–H groups in total. The minimum absolute atomic E-state index is 0.190. The molecule has 0 heterocycles. The predicted molar refractivity (Wildman–Crippen MR) is 46.7 cm³/mol. The maximum atomic E-state index is 11.1. The Morgan fingerprint density at radius 1 is 1.62 bits per heavy atom. The largest absolute Gasteiger partial charge is 0.510 e. The number of esters is 1. The monoisotopic (exact) mass is 183 g/mol. The van der Waals surface area contributed by atoms with Gasteiger partial charge in [0.1, 0.15) is 11.8 Å². The lowest BCUT2D eigenvalue weighted by molar-refractivity contribution is -0.138. The Morgan fingerprint density at radius 2 is 2.15 bits per heavy atom. The van der Waals surface area contributed by atoms with Crippen LogP contribution in [0.3, 0.4) is 0 Å². The van der Waals surface area contributed by atoms with Gasteiger partial charge in [0.25, 0.3) is 0 Å². The molecule has 0 spiro atoms. The standard InChI is InChI=1S/C9H13NO3/c1-4-13-9(12)7(5-10)8(11)6(2)3/h6,11H,4H2,1-3H3/b8-7-. The van der Waals surface area contributed by atoms with Crippen molar-refractivity contribution >= 4 is 5.97 Å². The Hall–Kier alpha value is -1.50. The number of hydrogen-bond donors (Lipinski definition) is 1. The van der Waals surface area contributed by atoms with Crippen molar-refractivity contribution in [3.05, 3.63) is 11.3 Å². The van der Waals surface area contributed by atoms with Crippen molar-refractivity contribution in [1.82, 2.24) is 0 Å². The first kappa shape index (κ1) is 11.5. The number of aliphatic hydroxyl groups excluding tert-OH is 1. The Labute approximate surface area is 77.4 Å². The number of ether oxygens (including phenoxy) is 1. The molecule has 0 aliphatic rings. The fourth-order valence-electron chi connectivity index (χ4n) is 0.699. The zero-order valence-electron chi connectivity index (χ0n) is 8.00. The molecule has 0 unspecified atom stereocenters. The SMILES string of the molecule is CCOC(=O)/C(C#N)=C(\O)C(C)C. The summed E-state index contributed by atoms with van der Waals surface area (Å²) >= 11 is 0. The molecule has 0 aliphatic heterocycles. The number of carbonyl (C=O) groups excluding carboxylic acids is 1. The molecule has 0 aromatic carbocycles. The van der Waals surface area contributed by atoms with E-state index in [4.69, 9.17) is 5.26 Å². The quantitative estimate of drug-likeness (QED) is 0.312. The average molecular weight is 183 g/mol. The minimum atomic E-state index is -0.767. The van der Waals surface area contributed by atoms with Gasteiger partial charge in [-0.3, -0.25) is 0 Å². The number of carbonyl (C=O) groups is 1. The molecule has 72 valence electrons. The first-order valence-electron chi connectivity index (χ1n) is 4.04. The Bertz CT molecular complexity index is 261. The second-order valence-corrected chi connectivity index (χ2v) is 2.75. The van der Waals surface area contributed by atoms with E-state index in [9.17, 15) is 9.90 Å². The summed E-state index contributed by atoms with van der Waals surface area (Å²) in [7, 11) is 0. The number of aliphatic hydroxyl groups is 1. The van der Waals surface area contributed by atoms with Crippen LogP contribution in [0.15, 0.2) is 11.3 Å². The van der Waals surface area contributed by atoms with Crippen molar-refractivity contribution in [2.24, 2.45) is 5.92 Å². The van der Waals surface area contributed by atoms with Gasteiger partial charge in [0.05, 0.1) is 6.61 Å². The maximum Gasteiger partial charge on any atom is 0.352 e. The lowest BCUT2D eigenvalue weighted by Gasteiger charge is -2.06. The highest BCUT2D eigenvalue weighted by Gasteiger charge is 2.17. The van der Waals surface area contributed by atoms with E-state index >= 15 is 0 Å². The van der Waals surface area contributed by atoms with E-state index in [1.807, 2.05) is 0 Å². The molecule has 0 fully saturated rings. The molecular formula is C9H13NO3. The van der Waals surface area contributed by atoms with E-state index in [0.29, 0.717) is 0 Å². The van der Waals surface area contributed by atoms with Gasteiger partial charge in [0, 0.05) is 5.92 Å². The summed E-state index contributed by atoms with van der Waals surface area (Å²) in [6, 6.07) is 1.62. The maximum absolute atomic E-state index is 11.1. The smallest absolute Gasteiger partial charge is 0.352 e. The summed E-state index contributed by atoms with van der Waals surface area (Å²) < 4.78 is 4.59. The third kappa shape index (κ3) is 3.16. The molecule has 4 heteroatoms. The van der Waals surface area contributed by atoms with Gasteiger partial charge in [-0.15, -0.1) is 0 Å². The van der Waals surface area contributed by atoms with Gasteiger partial charge in [0.2, 0.25) is 0 Å². The molecule has 0 atom stereocenters. The number of rotatable bonds is 3. The Morgan fingerprint density at radius 3 is 2.46 bits per heavy atom. The van der Waals surface area contributed by atoms with Crippen molar-refractivity contribution in [1.29, 1.82) is 5.26 Å². The van der Waals surface area contributed by atoms with Crippen LogP contribution < -0.4 is 0 Å². The third-order valence-electron chi connectivity index (χ3n) is 1.39. The second kappa shape index (κ2) is 5.20. The van der Waals surface area contributed by atoms with Crippen LogP contribution in [-0.2, 0) is 9.53 Å². The van der Waals surface area contributed by atoms with Crippen LogP contribution in [0.2, 0.25) is 0 Å². The Balaban J connectivity index is 4.80. The van der Waals surface area contributed by atoms with Gasteiger partial charge in [-0.1, -0.05) is 13.8 Å². The van der Waals surface area contributed by atoms with Crippen molar-refractivity contribution in [2.45, 2.75) is 20.8 Å². The predicted octanol–water partition coefficient (Wildman–Crippen LogP) is 1.54. The van der Waals surface area contributed by atoms with Gasteiger partial charge >= 0.3 is 5.97 Å². The van der Waals surface area contributed by atoms with Gasteiger partial charge in [-0.2, -0.15) is 5.26 Å². The summed E-state index contributed by atoms with van der Waals surface area (Å²) in [5.41, 5.74) is -0.308. The van der Waals surface area contributed by atoms with Gasteiger partial charge in [-0.25, -0.2) is 4.79 Å². The van der Waals surface area contributed by atoms with E-state index in [0.717, 1.165) is 0 Å². The molecule has 0 aromatic rings. The minimum Gasteiger partial charge on any atom is -0.510 e. The highest BCUT2D eigenvalue weighted by Crippen LogP contribution is 2.12. The fraction of sp³-hybridized carbons (Fsp3) is 0.556. The van der Waals surface area contributed by atoms with Crippen LogP contribution >= 0.6 is 0 Å². The molecule has 0 saturated heterocycles. The zero-order valence-corrected chi connectivity index (χ0v) is 8.00. The van der Waals surface area contributed by atoms with Gasteiger partial charge in [-0.05, 0) is 6.92 Å². The molecule has 0 bridgehead atoms. The third-order valence-corrected chi connectivity index (χ3v) is 1.39. The number of nitriles is 1. The highest BCUT2D eigenvalue weighted by molar-refractivity contribution is 5.93. The molecule has 0 aromatic heterocycles. The highest BCUT2D eigenvalue weighted by atomic mass is 16.5. The first-order chi connectivity index (χ1) is 6.04. The van der Waals surface area contributed by atoms with Crippen molar-refractivity contribution < 1.29 is 14.6 Å². The molecule has 0 radical (unpaired) electrons. The van der Waals surface area contributed by atoms with Gasteiger partial charge in [0.15, 0.2) is 5.57 Å². The van der Waals surface area contributed by atoms with E-state index in [1.165, 1.54) is 0 Å². The van der Waals surface area contributed by atoms with Crippen LogP contribution in [0, 0.1) is 17.2 Å². The first-order valence-corrected chi connectivity index (χ1v) is 4.04. The van der Waals surface area contributed by atoms with Crippen molar-refractivity contribution in [3.8, 4) is 6.07 Å². The lowest BCUT2D eigenvalue weighted by Crippen LogP contribution is -2.11. The molecule has 0 saturated carbocycles. The lowest BCUT2D eigenvalue weighted by atomic mass is 10.1. The number of nitrogens with zero attached hydrogens (tertiary/aromatic N) is 1. The van der Waals surface area contributed by atoms with E-state index in [1.54, 1.807) is 26.8 Å². The normalized spacial score (nSPS) is 11.9. The van der Waals surface area contributed by atoms with Crippen LogP contribution in [0.5, 0.6) is 0 Å². The molecule has 4 nitrogen and oxygen atoms in total. The topological polar surface area (TPSA) is 70.3 Å². The number of hydrogen-bond acceptors (Lipinski definition) is 4.